The molecule has 0 unspecified atom stereocenters. The van der Waals surface area contributed by atoms with Gasteiger partial charge in [0, 0.05) is 23.6 Å². The van der Waals surface area contributed by atoms with Gasteiger partial charge in [-0.05, 0) is 96.5 Å². The minimum atomic E-state index is -3.95. The molecule has 6 rings (SSSR count). The Bertz CT molecular complexity index is 1970. The quantitative estimate of drug-likeness (QED) is 0.203. The zero-order valence-electron chi connectivity index (χ0n) is 34.0. The van der Waals surface area contributed by atoms with Crippen molar-refractivity contribution in [2.45, 2.75) is 135 Å². The van der Waals surface area contributed by atoms with Gasteiger partial charge in [0.25, 0.3) is 0 Å². The predicted molar refractivity (Wildman–Crippen MR) is 212 cm³/mol. The lowest BCUT2D eigenvalue weighted by Crippen LogP contribution is -2.48. The maximum Gasteiger partial charge on any atom is 0.307 e. The van der Waals surface area contributed by atoms with Crippen molar-refractivity contribution >= 4 is 44.4 Å². The third-order valence-corrected chi connectivity index (χ3v) is 14.2. The minimum Gasteiger partial charge on any atom is -0.491 e. The topological polar surface area (TPSA) is 158 Å². The van der Waals surface area contributed by atoms with Gasteiger partial charge in [-0.25, -0.2) is 13.4 Å². The molecule has 1 aromatic carbocycles. The van der Waals surface area contributed by atoms with Crippen LogP contribution in [0.3, 0.4) is 0 Å². The number of ketones is 1. The number of carbonyl (C=O) groups excluding carboxylic acids is 4. The van der Waals surface area contributed by atoms with E-state index in [1.165, 1.54) is 4.90 Å². The van der Waals surface area contributed by atoms with Crippen LogP contribution in [0.5, 0.6) is 11.6 Å². The number of pyridine rings is 1. The summed E-state index contributed by atoms with van der Waals surface area (Å²) in [6.07, 6.45) is 8.99. The molecule has 13 heteroatoms. The van der Waals surface area contributed by atoms with Gasteiger partial charge in [0.2, 0.25) is 27.7 Å². The van der Waals surface area contributed by atoms with Gasteiger partial charge >= 0.3 is 5.97 Å². The van der Waals surface area contributed by atoms with Crippen molar-refractivity contribution in [3.63, 3.8) is 0 Å². The summed E-state index contributed by atoms with van der Waals surface area (Å²) < 4.78 is 46.0. The van der Waals surface area contributed by atoms with Crippen LogP contribution in [-0.2, 0) is 33.9 Å². The Morgan fingerprint density at radius 1 is 1.07 bits per heavy atom. The van der Waals surface area contributed by atoms with Crippen molar-refractivity contribution < 1.29 is 41.8 Å². The van der Waals surface area contributed by atoms with E-state index in [9.17, 15) is 27.6 Å². The van der Waals surface area contributed by atoms with E-state index in [1.807, 2.05) is 50.3 Å². The Labute approximate surface area is 331 Å². The summed E-state index contributed by atoms with van der Waals surface area (Å²) in [5.41, 5.74) is -2.01. The average molecular weight is 794 g/mol. The van der Waals surface area contributed by atoms with Crippen molar-refractivity contribution in [1.29, 1.82) is 0 Å². The number of esters is 1. The fourth-order valence-corrected chi connectivity index (χ4v) is 9.70. The van der Waals surface area contributed by atoms with Gasteiger partial charge in [0.05, 0.1) is 47.9 Å². The number of nitrogens with zero attached hydrogens (tertiary/aromatic N) is 2. The van der Waals surface area contributed by atoms with Gasteiger partial charge in [0.15, 0.2) is 5.78 Å². The first-order valence-corrected chi connectivity index (χ1v) is 21.8. The molecule has 3 heterocycles. The summed E-state index contributed by atoms with van der Waals surface area (Å²) in [4.78, 5) is 63.1. The van der Waals surface area contributed by atoms with Crippen LogP contribution in [0.25, 0.3) is 10.8 Å². The molecule has 0 spiro atoms. The molecule has 0 bridgehead atoms. The van der Waals surface area contributed by atoms with Gasteiger partial charge < -0.3 is 19.1 Å². The number of rotatable bonds is 10. The highest BCUT2D eigenvalue weighted by Crippen LogP contribution is 2.57. The Morgan fingerprint density at radius 3 is 2.46 bits per heavy atom. The third-order valence-electron chi connectivity index (χ3n) is 12.1. The summed E-state index contributed by atoms with van der Waals surface area (Å²) >= 11 is 0. The first-order chi connectivity index (χ1) is 26.4. The molecule has 12 nitrogen and oxygen atoms in total. The number of fused-ring (bicyclic) bond motifs is 3. The number of hydrogen-bond acceptors (Lipinski definition) is 10. The summed E-state index contributed by atoms with van der Waals surface area (Å²) in [6.45, 7) is 13.7. The second kappa shape index (κ2) is 16.1. The number of benzene rings is 1. The lowest BCUT2D eigenvalue weighted by atomic mass is 9.82. The van der Waals surface area contributed by atoms with E-state index in [0.717, 1.165) is 30.0 Å². The van der Waals surface area contributed by atoms with Crippen molar-refractivity contribution in [2.75, 3.05) is 13.2 Å². The number of carbonyl (C=O) groups is 4. The van der Waals surface area contributed by atoms with E-state index in [4.69, 9.17) is 14.2 Å². The normalized spacial score (nSPS) is 29.9. The van der Waals surface area contributed by atoms with E-state index in [2.05, 4.69) is 16.6 Å². The molecule has 4 aliphatic rings. The average Bonchev–Trinajstić information content (AvgIpc) is 4.01. The number of sulfonamides is 1. The maximum absolute atomic E-state index is 14.9. The molecular formula is C43H59N3O9S. The molecule has 1 N–H and O–H groups in total. The fourth-order valence-electron chi connectivity index (χ4n) is 8.37. The first kappa shape index (κ1) is 41.6. The van der Waals surface area contributed by atoms with Gasteiger partial charge in [0.1, 0.15) is 17.5 Å². The minimum absolute atomic E-state index is 0.0572. The van der Waals surface area contributed by atoms with Gasteiger partial charge in [-0.1, -0.05) is 51.1 Å². The fraction of sp³-hybridized carbons (Fsp3) is 0.651. The molecule has 3 fully saturated rings. The molecule has 1 saturated heterocycles. The van der Waals surface area contributed by atoms with Crippen LogP contribution in [-0.4, -0.2) is 77.5 Å². The van der Waals surface area contributed by atoms with Crippen LogP contribution in [0, 0.1) is 29.1 Å². The van der Waals surface area contributed by atoms with Crippen molar-refractivity contribution in [1.82, 2.24) is 14.6 Å². The highest BCUT2D eigenvalue weighted by atomic mass is 32.2. The van der Waals surface area contributed by atoms with Crippen LogP contribution in [0.2, 0.25) is 0 Å². The standard InChI is InChI=1S/C43H59N3O9S/c1-8-19-53-36-25-44-38(32-16-12-11-15-31(32)36)54-30-21-34-35(47)24-43(40(50)45-56(51,52)42(7)17-18-42)23-29(43)14-10-9-13-27(2)20-28(3)33(39(49)46(34)26-30)22-37(48)55-41(4,5)6/h10-12,14-16,25,27-30,33-34H,8-9,13,17-24,26H2,1-7H3,(H,45,50)/b14-10-/t27-,28-,29-,30-,33+,34+,43-/m1/s1. The van der Waals surface area contributed by atoms with Crippen LogP contribution in [0.4, 0.5) is 0 Å². The zero-order chi connectivity index (χ0) is 40.6. The molecule has 7 atom stereocenters. The summed E-state index contributed by atoms with van der Waals surface area (Å²) in [5.74, 6) is -1.99. The second-order valence-corrected chi connectivity index (χ2v) is 20.2. The number of nitrogens with one attached hydrogen (secondary N) is 1. The third kappa shape index (κ3) is 9.08. The second-order valence-electron chi connectivity index (χ2n) is 18.0. The summed E-state index contributed by atoms with van der Waals surface area (Å²) in [7, 11) is -3.95. The molecule has 2 aliphatic carbocycles. The molecule has 2 aliphatic heterocycles. The van der Waals surface area contributed by atoms with Crippen molar-refractivity contribution in [2.24, 2.45) is 29.1 Å². The van der Waals surface area contributed by atoms with E-state index < -0.39 is 55.7 Å². The summed E-state index contributed by atoms with van der Waals surface area (Å²) in [5, 5.41) is 1.55. The Balaban J connectivity index is 1.35. The highest BCUT2D eigenvalue weighted by molar-refractivity contribution is 7.91. The van der Waals surface area contributed by atoms with Gasteiger partial charge in [-0.2, -0.15) is 0 Å². The smallest absolute Gasteiger partial charge is 0.307 e. The Kier molecular flexibility index (Phi) is 12.0. The van der Waals surface area contributed by atoms with E-state index in [0.29, 0.717) is 43.9 Å². The monoisotopic (exact) mass is 793 g/mol. The number of amides is 2. The molecule has 2 saturated carbocycles. The van der Waals surface area contributed by atoms with E-state index in [1.54, 1.807) is 33.9 Å². The van der Waals surface area contributed by atoms with Gasteiger partial charge in [-0.3, -0.25) is 23.9 Å². The SMILES string of the molecule is CCCOc1cnc(O[C@@H]2C[C@H]3C(=O)C[C@]4(C(=O)NS(=O)(=O)C5(C)CC5)C[C@H]4/C=C\CC[C@@H](C)C[C@@H](C)[C@H](CC(=O)OC(C)(C)C)C(=O)N3C2)c2ccccc12. The van der Waals surface area contributed by atoms with E-state index in [-0.39, 0.29) is 55.3 Å². The molecule has 1 aromatic heterocycles. The highest BCUT2D eigenvalue weighted by Gasteiger charge is 2.62. The molecule has 2 aromatic rings. The lowest BCUT2D eigenvalue weighted by molar-refractivity contribution is -0.160. The Morgan fingerprint density at radius 2 is 1.79 bits per heavy atom. The summed E-state index contributed by atoms with van der Waals surface area (Å²) in [6, 6.07) is 6.63. The number of aromatic nitrogens is 1. The number of ether oxygens (including phenoxy) is 3. The number of allylic oxidation sites excluding steroid dienone is 2. The Hall–Kier alpha value is -4.00. The molecule has 56 heavy (non-hydrogen) atoms. The van der Waals surface area contributed by atoms with Gasteiger partial charge in [-0.15, -0.1) is 0 Å². The van der Waals surface area contributed by atoms with Crippen LogP contribution >= 0.6 is 0 Å². The number of Topliss-reactive ketones (excluding diaryl/α,β-unsaturated/α-hetero) is 1. The van der Waals surface area contributed by atoms with Crippen LogP contribution < -0.4 is 14.2 Å². The van der Waals surface area contributed by atoms with E-state index >= 15 is 0 Å². The molecular weight excluding hydrogens is 735 g/mol. The van der Waals surface area contributed by atoms with Crippen molar-refractivity contribution in [3.8, 4) is 11.6 Å². The number of hydrogen-bond donors (Lipinski definition) is 1. The lowest BCUT2D eigenvalue weighted by Gasteiger charge is -2.32. The molecule has 0 radical (unpaired) electrons. The first-order valence-electron chi connectivity index (χ1n) is 20.3. The van der Waals surface area contributed by atoms with Crippen LogP contribution in [0.1, 0.15) is 113 Å². The maximum atomic E-state index is 14.9. The zero-order valence-corrected chi connectivity index (χ0v) is 34.8. The van der Waals surface area contributed by atoms with Crippen LogP contribution in [0.15, 0.2) is 42.6 Å². The molecule has 306 valence electrons. The van der Waals surface area contributed by atoms with Crippen molar-refractivity contribution in [3.05, 3.63) is 42.6 Å². The largest absolute Gasteiger partial charge is 0.491 e. The molecule has 2 amide bonds. The predicted octanol–water partition coefficient (Wildman–Crippen LogP) is 6.70.